The minimum Gasteiger partial charge on any atom is -0.432 e. The molecule has 0 saturated carbocycles. The molecular formula is C12H12F3N3O. The number of ether oxygens (including phenoxy) is 1. The molecule has 0 bridgehead atoms. The molecular weight excluding hydrogens is 259 g/mol. The molecule has 4 nitrogen and oxygen atoms in total. The second-order valence-electron chi connectivity index (χ2n) is 3.85. The summed E-state index contributed by atoms with van der Waals surface area (Å²) in [6.45, 7) is -0.770. The molecule has 7 heteroatoms. The number of nitrogens with one attached hydrogen (secondary N) is 2. The van der Waals surface area contributed by atoms with Crippen LogP contribution in [-0.4, -0.2) is 16.6 Å². The van der Waals surface area contributed by atoms with Crippen LogP contribution in [0.15, 0.2) is 24.5 Å². The summed E-state index contributed by atoms with van der Waals surface area (Å²) in [5.41, 5.74) is 2.17. The van der Waals surface area contributed by atoms with Crippen LogP contribution < -0.4 is 10.1 Å². The number of alkyl halides is 2. The van der Waals surface area contributed by atoms with E-state index >= 15 is 0 Å². The monoisotopic (exact) mass is 271 g/mol. The standard InChI is InChI=1S/C12H12F3N3O/c1-7-10(18-6-17-7)5-16-8-2-3-11(9(13)4-8)19-12(14)15/h2-4,6,12,16H,5H2,1H3,(H,17,18). The maximum Gasteiger partial charge on any atom is 0.387 e. The zero-order chi connectivity index (χ0) is 13.8. The van der Waals surface area contributed by atoms with Crippen LogP contribution in [0.3, 0.4) is 0 Å². The van der Waals surface area contributed by atoms with Gasteiger partial charge in [-0.3, -0.25) is 0 Å². The molecule has 1 aromatic heterocycles. The number of rotatable bonds is 5. The third kappa shape index (κ3) is 3.40. The lowest BCUT2D eigenvalue weighted by Crippen LogP contribution is -2.05. The van der Waals surface area contributed by atoms with E-state index in [9.17, 15) is 13.2 Å². The van der Waals surface area contributed by atoms with Gasteiger partial charge < -0.3 is 15.0 Å². The van der Waals surface area contributed by atoms with Gasteiger partial charge in [-0.15, -0.1) is 0 Å². The van der Waals surface area contributed by atoms with Crippen LogP contribution >= 0.6 is 0 Å². The molecule has 2 N–H and O–H groups in total. The molecule has 0 aliphatic heterocycles. The van der Waals surface area contributed by atoms with Gasteiger partial charge in [0.1, 0.15) is 0 Å². The van der Waals surface area contributed by atoms with Gasteiger partial charge >= 0.3 is 6.61 Å². The number of hydrogen-bond donors (Lipinski definition) is 2. The van der Waals surface area contributed by atoms with Crippen molar-refractivity contribution in [2.24, 2.45) is 0 Å². The summed E-state index contributed by atoms with van der Waals surface area (Å²) >= 11 is 0. The van der Waals surface area contributed by atoms with Crippen LogP contribution in [-0.2, 0) is 6.54 Å². The largest absolute Gasteiger partial charge is 0.432 e. The van der Waals surface area contributed by atoms with Crippen LogP contribution in [0.25, 0.3) is 0 Å². The number of aryl methyl sites for hydroxylation is 1. The Balaban J connectivity index is 2.02. The first-order valence-corrected chi connectivity index (χ1v) is 5.53. The van der Waals surface area contributed by atoms with Gasteiger partial charge in [0.2, 0.25) is 0 Å². The molecule has 2 aromatic rings. The van der Waals surface area contributed by atoms with Crippen molar-refractivity contribution in [2.75, 3.05) is 5.32 Å². The minimum atomic E-state index is -3.04. The van der Waals surface area contributed by atoms with Crippen molar-refractivity contribution >= 4 is 5.69 Å². The maximum atomic E-state index is 13.4. The van der Waals surface area contributed by atoms with Crippen molar-refractivity contribution in [3.8, 4) is 5.75 Å². The van der Waals surface area contributed by atoms with E-state index in [2.05, 4.69) is 20.0 Å². The molecule has 0 saturated heterocycles. The van der Waals surface area contributed by atoms with E-state index in [-0.39, 0.29) is 0 Å². The van der Waals surface area contributed by atoms with Gasteiger partial charge in [0.25, 0.3) is 0 Å². The van der Waals surface area contributed by atoms with E-state index in [1.165, 1.54) is 6.07 Å². The third-order valence-corrected chi connectivity index (χ3v) is 2.54. The van der Waals surface area contributed by atoms with E-state index in [0.717, 1.165) is 23.5 Å². The maximum absolute atomic E-state index is 13.4. The number of halogens is 3. The molecule has 0 unspecified atom stereocenters. The zero-order valence-corrected chi connectivity index (χ0v) is 10.1. The zero-order valence-electron chi connectivity index (χ0n) is 10.1. The highest BCUT2D eigenvalue weighted by molar-refractivity contribution is 5.47. The normalized spacial score (nSPS) is 10.8. The predicted molar refractivity (Wildman–Crippen MR) is 63.7 cm³/mol. The smallest absolute Gasteiger partial charge is 0.387 e. The predicted octanol–water partition coefficient (Wildman–Crippen LogP) is 3.07. The summed E-state index contributed by atoms with van der Waals surface area (Å²) in [6.07, 6.45) is 1.56. The van der Waals surface area contributed by atoms with E-state index in [1.54, 1.807) is 6.33 Å². The number of aromatic nitrogens is 2. The summed E-state index contributed by atoms with van der Waals surface area (Å²) < 4.78 is 41.4. The summed E-state index contributed by atoms with van der Waals surface area (Å²) in [5, 5.41) is 2.94. The summed E-state index contributed by atoms with van der Waals surface area (Å²) in [5.74, 6) is -1.32. The number of imidazole rings is 1. The average Bonchev–Trinajstić information content (AvgIpc) is 2.75. The topological polar surface area (TPSA) is 49.9 Å². The molecule has 0 radical (unpaired) electrons. The second-order valence-corrected chi connectivity index (χ2v) is 3.85. The summed E-state index contributed by atoms with van der Waals surface area (Å²) in [6, 6.07) is 3.71. The van der Waals surface area contributed by atoms with Crippen molar-refractivity contribution in [3.05, 3.63) is 41.7 Å². The van der Waals surface area contributed by atoms with Crippen molar-refractivity contribution < 1.29 is 17.9 Å². The molecule has 19 heavy (non-hydrogen) atoms. The Morgan fingerprint density at radius 3 is 2.79 bits per heavy atom. The minimum absolute atomic E-state index is 0.407. The van der Waals surface area contributed by atoms with Gasteiger partial charge in [0, 0.05) is 17.4 Å². The highest BCUT2D eigenvalue weighted by atomic mass is 19.3. The lowest BCUT2D eigenvalue weighted by atomic mass is 10.2. The fourth-order valence-electron chi connectivity index (χ4n) is 1.55. The highest BCUT2D eigenvalue weighted by Crippen LogP contribution is 2.23. The first kappa shape index (κ1) is 13.3. The number of hydrogen-bond acceptors (Lipinski definition) is 3. The number of H-pyrrole nitrogens is 1. The SMILES string of the molecule is Cc1[nH]cnc1CNc1ccc(OC(F)F)c(F)c1. The summed E-state index contributed by atoms with van der Waals surface area (Å²) in [7, 11) is 0. The Morgan fingerprint density at radius 2 is 2.21 bits per heavy atom. The molecule has 0 aliphatic carbocycles. The van der Waals surface area contributed by atoms with Crippen LogP contribution in [0.1, 0.15) is 11.4 Å². The third-order valence-electron chi connectivity index (χ3n) is 2.54. The molecule has 102 valence electrons. The quantitative estimate of drug-likeness (QED) is 0.878. The van der Waals surface area contributed by atoms with Gasteiger partial charge in [0.05, 0.1) is 18.6 Å². The Labute approximate surface area is 107 Å². The Bertz CT molecular complexity index is 557. The molecule has 0 spiro atoms. The van der Waals surface area contributed by atoms with Crippen molar-refractivity contribution in [1.82, 2.24) is 9.97 Å². The van der Waals surface area contributed by atoms with Crippen LogP contribution in [0.5, 0.6) is 5.75 Å². The fraction of sp³-hybridized carbons (Fsp3) is 0.250. The molecule has 0 amide bonds. The van der Waals surface area contributed by atoms with Gasteiger partial charge in [0.15, 0.2) is 11.6 Å². The van der Waals surface area contributed by atoms with Crippen molar-refractivity contribution in [3.63, 3.8) is 0 Å². The molecule has 0 aliphatic rings. The van der Waals surface area contributed by atoms with Gasteiger partial charge in [-0.25, -0.2) is 9.37 Å². The number of aromatic amines is 1. The van der Waals surface area contributed by atoms with Crippen LogP contribution in [0.4, 0.5) is 18.9 Å². The molecule has 0 fully saturated rings. The highest BCUT2D eigenvalue weighted by Gasteiger charge is 2.10. The van der Waals surface area contributed by atoms with E-state index in [4.69, 9.17) is 0 Å². The lowest BCUT2D eigenvalue weighted by Gasteiger charge is -2.09. The Hall–Kier alpha value is -2.18. The van der Waals surface area contributed by atoms with Crippen molar-refractivity contribution in [1.29, 1.82) is 0 Å². The molecule has 1 aromatic carbocycles. The number of anilines is 1. The van der Waals surface area contributed by atoms with Crippen molar-refractivity contribution in [2.45, 2.75) is 20.1 Å². The molecule has 1 heterocycles. The van der Waals surface area contributed by atoms with Crippen LogP contribution in [0, 0.1) is 12.7 Å². The second kappa shape index (κ2) is 5.64. The first-order chi connectivity index (χ1) is 9.06. The lowest BCUT2D eigenvalue weighted by molar-refractivity contribution is -0.0521. The summed E-state index contributed by atoms with van der Waals surface area (Å²) in [4.78, 5) is 6.99. The van der Waals surface area contributed by atoms with E-state index < -0.39 is 18.2 Å². The van der Waals surface area contributed by atoms with E-state index in [0.29, 0.717) is 12.2 Å². The number of benzene rings is 1. The average molecular weight is 271 g/mol. The molecule has 0 atom stereocenters. The fourth-order valence-corrected chi connectivity index (χ4v) is 1.55. The van der Waals surface area contributed by atoms with Gasteiger partial charge in [-0.1, -0.05) is 0 Å². The Kier molecular flexibility index (Phi) is 3.94. The van der Waals surface area contributed by atoms with E-state index in [1.807, 2.05) is 6.92 Å². The van der Waals surface area contributed by atoms with Gasteiger partial charge in [-0.2, -0.15) is 8.78 Å². The molecule has 2 rings (SSSR count). The first-order valence-electron chi connectivity index (χ1n) is 5.53. The number of nitrogens with zero attached hydrogens (tertiary/aromatic N) is 1. The van der Waals surface area contributed by atoms with Gasteiger partial charge in [-0.05, 0) is 19.1 Å². The van der Waals surface area contributed by atoms with Crippen LogP contribution in [0.2, 0.25) is 0 Å². The Morgan fingerprint density at radius 1 is 1.42 bits per heavy atom.